The molecular formula is C19H22F6N6O. The van der Waals surface area contributed by atoms with Gasteiger partial charge in [0.25, 0.3) is 0 Å². The number of rotatable bonds is 6. The van der Waals surface area contributed by atoms with Crippen molar-refractivity contribution in [2.24, 2.45) is 5.73 Å². The molecule has 1 aromatic heterocycles. The second-order valence-electron chi connectivity index (χ2n) is 7.21. The number of ether oxygens (including phenoxy) is 1. The third-order valence-corrected chi connectivity index (χ3v) is 5.09. The van der Waals surface area contributed by atoms with Crippen molar-refractivity contribution < 1.29 is 31.1 Å². The van der Waals surface area contributed by atoms with E-state index in [0.29, 0.717) is 31.7 Å². The van der Waals surface area contributed by atoms with E-state index in [1.807, 2.05) is 4.90 Å². The first-order chi connectivity index (χ1) is 15.0. The van der Waals surface area contributed by atoms with E-state index in [4.69, 9.17) is 16.2 Å². The second kappa shape index (κ2) is 9.36. The standard InChI is InChI=1S/C19H22F6N6O/c20-18(21,22)10-32-15-16(27)28-11-29-17(15)31-7-5-30(6-8-31)14(9-26)12-1-3-13(4-2-12)19(23,24)25/h1-4,11,14H,5-10,26H2,(H2,27,28,29). The van der Waals surface area contributed by atoms with Gasteiger partial charge in [0.1, 0.15) is 6.33 Å². The summed E-state index contributed by atoms with van der Waals surface area (Å²) in [4.78, 5) is 11.5. The Hall–Kier alpha value is -2.80. The quantitative estimate of drug-likeness (QED) is 0.635. The molecule has 0 radical (unpaired) electrons. The zero-order valence-corrected chi connectivity index (χ0v) is 16.8. The molecule has 3 rings (SSSR count). The van der Waals surface area contributed by atoms with Crippen molar-refractivity contribution in [3.63, 3.8) is 0 Å². The maximum absolute atomic E-state index is 12.8. The SMILES string of the molecule is NCC(c1ccc(C(F)(F)F)cc1)N1CCN(c2ncnc(N)c2OCC(F)(F)F)CC1. The molecule has 0 saturated carbocycles. The third kappa shape index (κ3) is 5.71. The topological polar surface area (TPSA) is 93.5 Å². The lowest BCUT2D eigenvalue weighted by Gasteiger charge is -2.40. The van der Waals surface area contributed by atoms with Gasteiger partial charge in [0.05, 0.1) is 5.56 Å². The Balaban J connectivity index is 1.70. The van der Waals surface area contributed by atoms with Gasteiger partial charge in [-0.2, -0.15) is 26.3 Å². The van der Waals surface area contributed by atoms with Gasteiger partial charge in [0.2, 0.25) is 5.75 Å². The minimum Gasteiger partial charge on any atom is -0.477 e. The summed E-state index contributed by atoms with van der Waals surface area (Å²) in [6.07, 6.45) is -7.83. The highest BCUT2D eigenvalue weighted by Crippen LogP contribution is 2.34. The van der Waals surface area contributed by atoms with E-state index in [1.165, 1.54) is 12.1 Å². The highest BCUT2D eigenvalue weighted by molar-refractivity contribution is 5.63. The first kappa shape index (κ1) is 23.9. The summed E-state index contributed by atoms with van der Waals surface area (Å²) < 4.78 is 81.0. The van der Waals surface area contributed by atoms with E-state index in [1.54, 1.807) is 4.90 Å². The number of hydrogen-bond donors (Lipinski definition) is 2. The Morgan fingerprint density at radius 2 is 1.59 bits per heavy atom. The fraction of sp³-hybridized carbons (Fsp3) is 0.474. The summed E-state index contributed by atoms with van der Waals surface area (Å²) in [5.74, 6) is -0.289. The lowest BCUT2D eigenvalue weighted by molar-refractivity contribution is -0.153. The Kier molecular flexibility index (Phi) is 6.98. The normalized spacial score (nSPS) is 16.8. The van der Waals surface area contributed by atoms with E-state index in [2.05, 4.69) is 9.97 Å². The van der Waals surface area contributed by atoms with Crippen LogP contribution in [0.15, 0.2) is 30.6 Å². The van der Waals surface area contributed by atoms with Gasteiger partial charge in [-0.05, 0) is 17.7 Å². The maximum atomic E-state index is 12.8. The summed E-state index contributed by atoms with van der Waals surface area (Å²) in [5, 5.41) is 0. The molecule has 1 atom stereocenters. The van der Waals surface area contributed by atoms with Crippen molar-refractivity contribution in [2.75, 3.05) is 50.0 Å². The number of nitrogens with two attached hydrogens (primary N) is 2. The van der Waals surface area contributed by atoms with Gasteiger partial charge in [0.15, 0.2) is 18.2 Å². The third-order valence-electron chi connectivity index (χ3n) is 5.09. The summed E-state index contributed by atoms with van der Waals surface area (Å²) in [6.45, 7) is 0.301. The zero-order valence-electron chi connectivity index (χ0n) is 16.8. The van der Waals surface area contributed by atoms with Crippen molar-refractivity contribution in [3.8, 4) is 5.75 Å². The molecule has 0 bridgehead atoms. The molecule has 176 valence electrons. The Bertz CT molecular complexity index is 897. The first-order valence-electron chi connectivity index (χ1n) is 9.66. The van der Waals surface area contributed by atoms with Gasteiger partial charge < -0.3 is 21.1 Å². The van der Waals surface area contributed by atoms with Crippen LogP contribution in [0.5, 0.6) is 5.75 Å². The predicted octanol–water partition coefficient (Wildman–Crippen LogP) is 2.84. The first-order valence-corrected chi connectivity index (χ1v) is 9.66. The van der Waals surface area contributed by atoms with Crippen LogP contribution in [-0.4, -0.2) is 60.4 Å². The zero-order chi connectivity index (χ0) is 23.5. The molecule has 1 aliphatic heterocycles. The molecule has 0 aliphatic carbocycles. The maximum Gasteiger partial charge on any atom is 0.422 e. The summed E-state index contributed by atoms with van der Waals surface area (Å²) in [6, 6.07) is 4.53. The highest BCUT2D eigenvalue weighted by atomic mass is 19.4. The van der Waals surface area contributed by atoms with Crippen LogP contribution in [0.4, 0.5) is 38.0 Å². The fourth-order valence-electron chi connectivity index (χ4n) is 3.53. The molecule has 1 aromatic carbocycles. The Morgan fingerprint density at radius 3 is 2.12 bits per heavy atom. The molecule has 32 heavy (non-hydrogen) atoms. The van der Waals surface area contributed by atoms with Crippen LogP contribution in [0.2, 0.25) is 0 Å². The number of piperazine rings is 1. The average molecular weight is 464 g/mol. The van der Waals surface area contributed by atoms with Gasteiger partial charge in [0, 0.05) is 38.8 Å². The molecule has 1 fully saturated rings. The Morgan fingerprint density at radius 1 is 0.969 bits per heavy atom. The van der Waals surface area contributed by atoms with E-state index in [9.17, 15) is 26.3 Å². The minimum atomic E-state index is -4.55. The summed E-state index contributed by atoms with van der Waals surface area (Å²) in [5.41, 5.74) is 11.5. The molecule has 2 aromatic rings. The molecule has 2 heterocycles. The van der Waals surface area contributed by atoms with Gasteiger partial charge >= 0.3 is 12.4 Å². The van der Waals surface area contributed by atoms with Crippen LogP contribution >= 0.6 is 0 Å². The van der Waals surface area contributed by atoms with Crippen LogP contribution in [0.1, 0.15) is 17.2 Å². The number of anilines is 2. The monoisotopic (exact) mass is 464 g/mol. The van der Waals surface area contributed by atoms with E-state index < -0.39 is 24.5 Å². The number of nitrogens with zero attached hydrogens (tertiary/aromatic N) is 4. The van der Waals surface area contributed by atoms with E-state index >= 15 is 0 Å². The highest BCUT2D eigenvalue weighted by Gasteiger charge is 2.33. The predicted molar refractivity (Wildman–Crippen MR) is 105 cm³/mol. The summed E-state index contributed by atoms with van der Waals surface area (Å²) in [7, 11) is 0. The smallest absolute Gasteiger partial charge is 0.422 e. The molecular weight excluding hydrogens is 442 g/mol. The Labute approximate surface area is 180 Å². The van der Waals surface area contributed by atoms with Gasteiger partial charge in [-0.25, -0.2) is 9.97 Å². The van der Waals surface area contributed by atoms with Crippen molar-refractivity contribution in [2.45, 2.75) is 18.4 Å². The second-order valence-corrected chi connectivity index (χ2v) is 7.21. The summed E-state index contributed by atoms with van der Waals surface area (Å²) >= 11 is 0. The fourth-order valence-corrected chi connectivity index (χ4v) is 3.53. The number of alkyl halides is 6. The molecule has 1 aliphatic rings. The number of hydrogen-bond acceptors (Lipinski definition) is 7. The largest absolute Gasteiger partial charge is 0.477 e. The molecule has 1 unspecified atom stereocenters. The number of nitrogen functional groups attached to an aromatic ring is 1. The number of aromatic nitrogens is 2. The average Bonchev–Trinajstić information content (AvgIpc) is 2.73. The molecule has 0 amide bonds. The van der Waals surface area contributed by atoms with Gasteiger partial charge in [-0.15, -0.1) is 0 Å². The van der Waals surface area contributed by atoms with Crippen LogP contribution < -0.4 is 21.1 Å². The van der Waals surface area contributed by atoms with Crippen molar-refractivity contribution >= 4 is 11.6 Å². The van der Waals surface area contributed by atoms with Gasteiger partial charge in [-0.1, -0.05) is 12.1 Å². The lowest BCUT2D eigenvalue weighted by Crippen LogP contribution is -2.49. The van der Waals surface area contributed by atoms with Crippen molar-refractivity contribution in [1.82, 2.24) is 14.9 Å². The molecule has 0 spiro atoms. The number of benzene rings is 1. The van der Waals surface area contributed by atoms with Crippen LogP contribution in [0, 0.1) is 0 Å². The van der Waals surface area contributed by atoms with Crippen LogP contribution in [0.3, 0.4) is 0 Å². The minimum absolute atomic E-state index is 0.153. The van der Waals surface area contributed by atoms with Crippen molar-refractivity contribution in [3.05, 3.63) is 41.7 Å². The molecule has 7 nitrogen and oxygen atoms in total. The van der Waals surface area contributed by atoms with E-state index in [0.717, 1.165) is 18.5 Å². The van der Waals surface area contributed by atoms with Crippen LogP contribution in [-0.2, 0) is 6.18 Å². The number of halogens is 6. The van der Waals surface area contributed by atoms with E-state index in [-0.39, 0.29) is 30.0 Å². The van der Waals surface area contributed by atoms with Gasteiger partial charge in [-0.3, -0.25) is 4.90 Å². The molecule has 4 N–H and O–H groups in total. The molecule has 1 saturated heterocycles. The van der Waals surface area contributed by atoms with Crippen LogP contribution in [0.25, 0.3) is 0 Å². The lowest BCUT2D eigenvalue weighted by atomic mass is 10.0. The molecule has 13 heteroatoms. The van der Waals surface area contributed by atoms with Crippen molar-refractivity contribution in [1.29, 1.82) is 0 Å².